The zero-order valence-electron chi connectivity index (χ0n) is 11.4. The third kappa shape index (κ3) is 3.95. The average Bonchev–Trinajstić information content (AvgIpc) is 3.20. The van der Waals surface area contributed by atoms with E-state index in [1.54, 1.807) is 0 Å². The lowest BCUT2D eigenvalue weighted by Crippen LogP contribution is -2.38. The fourth-order valence-electron chi connectivity index (χ4n) is 2.70. The summed E-state index contributed by atoms with van der Waals surface area (Å²) in [5, 5.41) is 2.98. The standard InChI is InChI=1S/C14H26N2O2/c1-10(14(17)16-13-6-7-13)18-9-12-5-3-2-4-11(12)8-15/h10-13H,2-9,15H2,1H3,(H,16,17). The van der Waals surface area contributed by atoms with Crippen LogP contribution in [0.2, 0.25) is 0 Å². The van der Waals surface area contributed by atoms with E-state index in [1.807, 2.05) is 6.92 Å². The van der Waals surface area contributed by atoms with Crippen molar-refractivity contribution in [1.29, 1.82) is 0 Å². The van der Waals surface area contributed by atoms with Crippen LogP contribution in [0.1, 0.15) is 45.4 Å². The molecular formula is C14H26N2O2. The summed E-state index contributed by atoms with van der Waals surface area (Å²) in [5.74, 6) is 1.16. The molecule has 104 valence electrons. The zero-order chi connectivity index (χ0) is 13.0. The molecule has 0 aromatic heterocycles. The topological polar surface area (TPSA) is 64.3 Å². The number of ether oxygens (including phenoxy) is 1. The van der Waals surface area contributed by atoms with E-state index in [-0.39, 0.29) is 12.0 Å². The minimum absolute atomic E-state index is 0.0395. The largest absolute Gasteiger partial charge is 0.368 e. The molecule has 3 atom stereocenters. The molecule has 3 unspecified atom stereocenters. The van der Waals surface area contributed by atoms with Crippen molar-refractivity contribution in [3.63, 3.8) is 0 Å². The van der Waals surface area contributed by atoms with Gasteiger partial charge in [-0.3, -0.25) is 4.79 Å². The molecule has 0 aliphatic heterocycles. The van der Waals surface area contributed by atoms with Crippen molar-refractivity contribution in [3.05, 3.63) is 0 Å². The second kappa shape index (κ2) is 6.53. The molecule has 0 heterocycles. The highest BCUT2D eigenvalue weighted by Crippen LogP contribution is 2.29. The fraction of sp³-hybridized carbons (Fsp3) is 0.929. The minimum atomic E-state index is -0.328. The van der Waals surface area contributed by atoms with E-state index in [1.165, 1.54) is 25.7 Å². The lowest BCUT2D eigenvalue weighted by atomic mass is 9.80. The Kier molecular flexibility index (Phi) is 5.01. The van der Waals surface area contributed by atoms with E-state index in [2.05, 4.69) is 5.32 Å². The van der Waals surface area contributed by atoms with Crippen molar-refractivity contribution >= 4 is 5.91 Å². The SMILES string of the molecule is CC(OCC1CCCCC1CN)C(=O)NC1CC1. The molecule has 2 fully saturated rings. The van der Waals surface area contributed by atoms with Crippen LogP contribution in [-0.4, -0.2) is 31.2 Å². The minimum Gasteiger partial charge on any atom is -0.368 e. The zero-order valence-corrected chi connectivity index (χ0v) is 11.4. The van der Waals surface area contributed by atoms with Gasteiger partial charge in [-0.25, -0.2) is 0 Å². The molecule has 2 aliphatic rings. The summed E-state index contributed by atoms with van der Waals surface area (Å²) < 4.78 is 5.74. The van der Waals surface area contributed by atoms with Gasteiger partial charge in [-0.15, -0.1) is 0 Å². The predicted octanol–water partition coefficient (Wildman–Crippen LogP) is 1.44. The Labute approximate surface area is 110 Å². The maximum atomic E-state index is 11.8. The van der Waals surface area contributed by atoms with Gasteiger partial charge in [-0.1, -0.05) is 12.8 Å². The Balaban J connectivity index is 1.69. The molecule has 3 N–H and O–H groups in total. The lowest BCUT2D eigenvalue weighted by Gasteiger charge is -2.31. The summed E-state index contributed by atoms with van der Waals surface area (Å²) in [6.45, 7) is 3.27. The van der Waals surface area contributed by atoms with Crippen LogP contribution >= 0.6 is 0 Å². The van der Waals surface area contributed by atoms with Crippen LogP contribution in [-0.2, 0) is 9.53 Å². The Morgan fingerprint density at radius 1 is 1.28 bits per heavy atom. The van der Waals surface area contributed by atoms with Gasteiger partial charge in [0.05, 0.1) is 6.61 Å². The molecule has 4 nitrogen and oxygen atoms in total. The summed E-state index contributed by atoms with van der Waals surface area (Å²) in [5.41, 5.74) is 5.80. The highest BCUT2D eigenvalue weighted by atomic mass is 16.5. The summed E-state index contributed by atoms with van der Waals surface area (Å²) >= 11 is 0. The van der Waals surface area contributed by atoms with E-state index < -0.39 is 0 Å². The summed E-state index contributed by atoms with van der Waals surface area (Å²) in [6, 6.07) is 0.412. The molecular weight excluding hydrogens is 228 g/mol. The van der Waals surface area contributed by atoms with Crippen LogP contribution in [0.5, 0.6) is 0 Å². The van der Waals surface area contributed by atoms with Crippen molar-refractivity contribution in [2.75, 3.05) is 13.2 Å². The van der Waals surface area contributed by atoms with Gasteiger partial charge >= 0.3 is 0 Å². The van der Waals surface area contributed by atoms with Gasteiger partial charge in [0.15, 0.2) is 0 Å². The average molecular weight is 254 g/mol. The van der Waals surface area contributed by atoms with Crippen molar-refractivity contribution in [1.82, 2.24) is 5.32 Å². The summed E-state index contributed by atoms with van der Waals surface area (Å²) in [6.07, 6.45) is 6.88. The van der Waals surface area contributed by atoms with E-state index in [0.29, 0.717) is 24.5 Å². The summed E-state index contributed by atoms with van der Waals surface area (Å²) in [4.78, 5) is 11.8. The number of nitrogens with two attached hydrogens (primary N) is 1. The van der Waals surface area contributed by atoms with Gasteiger partial charge in [0, 0.05) is 6.04 Å². The predicted molar refractivity (Wildman–Crippen MR) is 71.1 cm³/mol. The molecule has 2 saturated carbocycles. The smallest absolute Gasteiger partial charge is 0.249 e. The van der Waals surface area contributed by atoms with Gasteiger partial charge < -0.3 is 15.8 Å². The molecule has 0 radical (unpaired) electrons. The van der Waals surface area contributed by atoms with Crippen molar-refractivity contribution < 1.29 is 9.53 Å². The quantitative estimate of drug-likeness (QED) is 0.754. The third-order valence-electron chi connectivity index (χ3n) is 4.22. The highest BCUT2D eigenvalue weighted by Gasteiger charge is 2.28. The van der Waals surface area contributed by atoms with Gasteiger partial charge in [0.25, 0.3) is 0 Å². The number of hydrogen-bond donors (Lipinski definition) is 2. The number of carbonyl (C=O) groups excluding carboxylic acids is 1. The number of hydrogen-bond acceptors (Lipinski definition) is 3. The second-order valence-corrected chi connectivity index (χ2v) is 5.80. The first-order chi connectivity index (χ1) is 8.70. The van der Waals surface area contributed by atoms with Crippen LogP contribution in [0.3, 0.4) is 0 Å². The molecule has 2 aliphatic carbocycles. The number of amides is 1. The van der Waals surface area contributed by atoms with Crippen molar-refractivity contribution in [3.8, 4) is 0 Å². The Hall–Kier alpha value is -0.610. The normalized spacial score (nSPS) is 29.9. The van der Waals surface area contributed by atoms with E-state index in [9.17, 15) is 4.79 Å². The Morgan fingerprint density at radius 2 is 1.94 bits per heavy atom. The lowest BCUT2D eigenvalue weighted by molar-refractivity contribution is -0.133. The molecule has 0 saturated heterocycles. The van der Waals surface area contributed by atoms with E-state index >= 15 is 0 Å². The second-order valence-electron chi connectivity index (χ2n) is 5.80. The van der Waals surface area contributed by atoms with Crippen molar-refractivity contribution in [2.45, 2.75) is 57.6 Å². The Bertz CT molecular complexity index is 279. The van der Waals surface area contributed by atoms with Crippen LogP contribution in [0.25, 0.3) is 0 Å². The van der Waals surface area contributed by atoms with E-state index in [4.69, 9.17) is 10.5 Å². The molecule has 1 amide bonds. The molecule has 0 aromatic carbocycles. The number of rotatable bonds is 6. The van der Waals surface area contributed by atoms with E-state index in [0.717, 1.165) is 19.4 Å². The molecule has 2 rings (SSSR count). The number of nitrogens with one attached hydrogen (secondary N) is 1. The van der Waals surface area contributed by atoms with Gasteiger partial charge in [0.2, 0.25) is 5.91 Å². The molecule has 4 heteroatoms. The van der Waals surface area contributed by atoms with Crippen LogP contribution in [0, 0.1) is 11.8 Å². The molecule has 0 aromatic rings. The first kappa shape index (κ1) is 13.8. The maximum absolute atomic E-state index is 11.8. The monoisotopic (exact) mass is 254 g/mol. The van der Waals surface area contributed by atoms with Crippen LogP contribution in [0.4, 0.5) is 0 Å². The highest BCUT2D eigenvalue weighted by molar-refractivity contribution is 5.80. The Morgan fingerprint density at radius 3 is 2.56 bits per heavy atom. The van der Waals surface area contributed by atoms with Gasteiger partial charge in [-0.2, -0.15) is 0 Å². The fourth-order valence-corrected chi connectivity index (χ4v) is 2.70. The third-order valence-corrected chi connectivity index (χ3v) is 4.22. The van der Waals surface area contributed by atoms with Crippen LogP contribution < -0.4 is 11.1 Å². The first-order valence-corrected chi connectivity index (χ1v) is 7.32. The van der Waals surface area contributed by atoms with Gasteiger partial charge in [-0.05, 0) is 51.0 Å². The van der Waals surface area contributed by atoms with Gasteiger partial charge in [0.1, 0.15) is 6.10 Å². The van der Waals surface area contributed by atoms with Crippen molar-refractivity contribution in [2.24, 2.45) is 17.6 Å². The summed E-state index contributed by atoms with van der Waals surface area (Å²) in [7, 11) is 0. The maximum Gasteiger partial charge on any atom is 0.249 e. The molecule has 0 spiro atoms. The number of carbonyl (C=O) groups is 1. The molecule has 0 bridgehead atoms. The van der Waals surface area contributed by atoms with Crippen LogP contribution in [0.15, 0.2) is 0 Å². The molecule has 18 heavy (non-hydrogen) atoms. The first-order valence-electron chi connectivity index (χ1n) is 7.32.